The second kappa shape index (κ2) is 4.62. The molecule has 0 amide bonds. The van der Waals surface area contributed by atoms with Crippen molar-refractivity contribution in [3.8, 4) is 0 Å². The van der Waals surface area contributed by atoms with E-state index in [1.54, 1.807) is 12.1 Å². The molecule has 0 atom stereocenters. The molecule has 74 valence electrons. The summed E-state index contributed by atoms with van der Waals surface area (Å²) >= 11 is 0. The molecule has 0 radical (unpaired) electrons. The Hall–Kier alpha value is -1.56. The summed E-state index contributed by atoms with van der Waals surface area (Å²) < 4.78 is 0. The Morgan fingerprint density at radius 3 is 2.86 bits per heavy atom. The lowest BCUT2D eigenvalue weighted by Gasteiger charge is -2.05. The average Bonchev–Trinajstić information content (AvgIpc) is 2.14. The highest BCUT2D eigenvalue weighted by Gasteiger charge is 2.12. The summed E-state index contributed by atoms with van der Waals surface area (Å²) in [5, 5.41) is 22.0. The van der Waals surface area contributed by atoms with Gasteiger partial charge < -0.3 is 10.4 Å². The van der Waals surface area contributed by atoms with Crippen molar-refractivity contribution in [2.75, 3.05) is 18.5 Å². The minimum atomic E-state index is -0.445. The first-order chi connectivity index (χ1) is 6.65. The van der Waals surface area contributed by atoms with Crippen molar-refractivity contribution in [3.63, 3.8) is 0 Å². The maximum Gasteiger partial charge on any atom is 0.292 e. The molecule has 2 N–H and O–H groups in total. The van der Waals surface area contributed by atoms with Crippen LogP contribution in [0.4, 0.5) is 11.4 Å². The molecule has 1 aromatic carbocycles. The number of hydrogen-bond donors (Lipinski definition) is 2. The molecule has 5 nitrogen and oxygen atoms in total. The van der Waals surface area contributed by atoms with Crippen LogP contribution >= 0.6 is 0 Å². The zero-order valence-electron chi connectivity index (χ0n) is 7.86. The normalized spacial score (nSPS) is 9.79. The fourth-order valence-corrected chi connectivity index (χ4v) is 1.14. The quantitative estimate of drug-likeness (QED) is 0.376. The van der Waals surface area contributed by atoms with Crippen molar-refractivity contribution in [3.05, 3.63) is 28.3 Å². The summed E-state index contributed by atoms with van der Waals surface area (Å²) in [6.07, 6.45) is 0. The highest BCUT2D eigenvalue weighted by molar-refractivity contribution is 6.32. The molecule has 0 fully saturated rings. The number of aliphatic hydroxyl groups excluding tert-OH is 1. The number of nitrogens with one attached hydrogen (secondary N) is 1. The number of aliphatic hydroxyl groups is 1. The van der Waals surface area contributed by atoms with Crippen LogP contribution in [0.25, 0.3) is 0 Å². The number of nitro benzene ring substituents is 1. The monoisotopic (exact) mass is 194 g/mol. The number of hydrogen-bond acceptors (Lipinski definition) is 4. The van der Waals surface area contributed by atoms with Crippen molar-refractivity contribution in [2.45, 2.75) is 0 Å². The molecule has 1 rings (SSSR count). The van der Waals surface area contributed by atoms with Gasteiger partial charge in [-0.25, -0.2) is 0 Å². The molecule has 6 heteroatoms. The van der Waals surface area contributed by atoms with Crippen LogP contribution < -0.4 is 10.8 Å². The van der Waals surface area contributed by atoms with Crippen LogP contribution in [0.15, 0.2) is 18.2 Å². The van der Waals surface area contributed by atoms with Gasteiger partial charge >= 0.3 is 0 Å². The summed E-state index contributed by atoms with van der Waals surface area (Å²) in [4.78, 5) is 10.2. The van der Waals surface area contributed by atoms with Crippen molar-refractivity contribution >= 4 is 24.7 Å². The number of benzene rings is 1. The van der Waals surface area contributed by atoms with Gasteiger partial charge in [-0.05, 0) is 6.07 Å². The number of rotatable bonds is 4. The smallest absolute Gasteiger partial charge is 0.292 e. The Bertz CT molecular complexity index is 343. The van der Waals surface area contributed by atoms with Gasteiger partial charge in [0.2, 0.25) is 0 Å². The summed E-state index contributed by atoms with van der Waals surface area (Å²) in [6.45, 7) is 0.259. The van der Waals surface area contributed by atoms with E-state index in [9.17, 15) is 10.1 Å². The Labute approximate surface area is 82.3 Å². The largest absolute Gasteiger partial charge is 0.395 e. The van der Waals surface area contributed by atoms with E-state index in [1.807, 2.05) is 7.85 Å². The standard InChI is InChI=1S/C8H11BN2O3/c9-6-1-2-8(11(13)14)7(5-6)10-3-4-12/h1-2,5,10,12H,3-4,9H2. The van der Waals surface area contributed by atoms with Crippen LogP contribution in [0.2, 0.25) is 0 Å². The van der Waals surface area contributed by atoms with E-state index in [4.69, 9.17) is 5.11 Å². The van der Waals surface area contributed by atoms with Crippen LogP contribution in [0.5, 0.6) is 0 Å². The Morgan fingerprint density at radius 1 is 1.57 bits per heavy atom. The highest BCUT2D eigenvalue weighted by Crippen LogP contribution is 2.21. The van der Waals surface area contributed by atoms with Gasteiger partial charge in [-0.15, -0.1) is 0 Å². The molecule has 0 spiro atoms. The Kier molecular flexibility index (Phi) is 3.47. The van der Waals surface area contributed by atoms with Crippen LogP contribution in [-0.2, 0) is 0 Å². The summed E-state index contributed by atoms with van der Waals surface area (Å²) in [5.41, 5.74) is 1.42. The molecule has 0 aliphatic rings. The fourth-order valence-electron chi connectivity index (χ4n) is 1.14. The molecular formula is C8H11BN2O3. The molecular weight excluding hydrogens is 183 g/mol. The number of anilines is 1. The molecule has 0 bridgehead atoms. The van der Waals surface area contributed by atoms with Crippen molar-refractivity contribution < 1.29 is 10.0 Å². The summed E-state index contributed by atoms with van der Waals surface area (Å²) in [6, 6.07) is 4.82. The molecule has 0 unspecified atom stereocenters. The van der Waals surface area contributed by atoms with E-state index in [0.29, 0.717) is 12.2 Å². The predicted molar refractivity (Wildman–Crippen MR) is 56.8 cm³/mol. The zero-order chi connectivity index (χ0) is 10.6. The van der Waals surface area contributed by atoms with Crippen LogP contribution in [0, 0.1) is 10.1 Å². The van der Waals surface area contributed by atoms with E-state index in [2.05, 4.69) is 5.32 Å². The topological polar surface area (TPSA) is 75.4 Å². The molecule has 0 aliphatic heterocycles. The van der Waals surface area contributed by atoms with Gasteiger partial charge in [0.25, 0.3) is 5.69 Å². The molecule has 0 aliphatic carbocycles. The second-order valence-electron chi connectivity index (χ2n) is 2.93. The molecule has 0 saturated heterocycles. The number of nitrogens with zero attached hydrogens (tertiary/aromatic N) is 1. The van der Waals surface area contributed by atoms with E-state index in [-0.39, 0.29) is 12.3 Å². The van der Waals surface area contributed by atoms with Gasteiger partial charge in [0.1, 0.15) is 13.5 Å². The molecule has 1 aromatic rings. The van der Waals surface area contributed by atoms with Crippen LogP contribution in [0.3, 0.4) is 0 Å². The van der Waals surface area contributed by atoms with E-state index in [0.717, 1.165) is 5.46 Å². The molecule has 0 heterocycles. The van der Waals surface area contributed by atoms with Crippen molar-refractivity contribution in [1.29, 1.82) is 0 Å². The van der Waals surface area contributed by atoms with Gasteiger partial charge in [-0.1, -0.05) is 11.5 Å². The maximum atomic E-state index is 10.6. The fraction of sp³-hybridized carbons (Fsp3) is 0.250. The van der Waals surface area contributed by atoms with E-state index < -0.39 is 4.92 Å². The highest BCUT2D eigenvalue weighted by atomic mass is 16.6. The van der Waals surface area contributed by atoms with Gasteiger partial charge in [0, 0.05) is 12.6 Å². The third-order valence-electron chi connectivity index (χ3n) is 1.78. The first kappa shape index (κ1) is 10.5. The van der Waals surface area contributed by atoms with E-state index >= 15 is 0 Å². The second-order valence-corrected chi connectivity index (χ2v) is 2.93. The summed E-state index contributed by atoms with van der Waals surface area (Å²) in [5.74, 6) is 0. The van der Waals surface area contributed by atoms with Crippen molar-refractivity contribution in [2.24, 2.45) is 0 Å². The molecule has 0 saturated carbocycles. The lowest BCUT2D eigenvalue weighted by atomic mass is 9.95. The van der Waals surface area contributed by atoms with Crippen LogP contribution in [0.1, 0.15) is 0 Å². The van der Waals surface area contributed by atoms with Crippen molar-refractivity contribution in [1.82, 2.24) is 0 Å². The third kappa shape index (κ3) is 2.46. The lowest BCUT2D eigenvalue weighted by molar-refractivity contribution is -0.383. The SMILES string of the molecule is Bc1ccc([N+](=O)[O-])c(NCCO)c1. The first-order valence-corrected chi connectivity index (χ1v) is 4.25. The Morgan fingerprint density at radius 2 is 2.29 bits per heavy atom. The summed E-state index contributed by atoms with van der Waals surface area (Å²) in [7, 11) is 1.86. The maximum absolute atomic E-state index is 10.6. The molecule has 0 aromatic heterocycles. The minimum absolute atomic E-state index is 0.0315. The van der Waals surface area contributed by atoms with Gasteiger partial charge in [0.05, 0.1) is 11.5 Å². The average molecular weight is 194 g/mol. The minimum Gasteiger partial charge on any atom is -0.395 e. The van der Waals surface area contributed by atoms with Crippen LogP contribution in [-0.4, -0.2) is 31.0 Å². The molecule has 14 heavy (non-hydrogen) atoms. The Balaban J connectivity index is 2.97. The van der Waals surface area contributed by atoms with Gasteiger partial charge in [0.15, 0.2) is 0 Å². The zero-order valence-corrected chi connectivity index (χ0v) is 7.86. The predicted octanol–water partition coefficient (Wildman–Crippen LogP) is -0.743. The van der Waals surface area contributed by atoms with E-state index in [1.165, 1.54) is 6.07 Å². The lowest BCUT2D eigenvalue weighted by Crippen LogP contribution is -2.11. The van der Waals surface area contributed by atoms with Gasteiger partial charge in [-0.2, -0.15) is 0 Å². The number of nitro groups is 1. The first-order valence-electron chi connectivity index (χ1n) is 4.25. The third-order valence-corrected chi connectivity index (χ3v) is 1.78. The van der Waals surface area contributed by atoms with Gasteiger partial charge in [-0.3, -0.25) is 10.1 Å².